The summed E-state index contributed by atoms with van der Waals surface area (Å²) in [5, 5.41) is 3.42. The lowest BCUT2D eigenvalue weighted by molar-refractivity contribution is 0.352. The van der Waals surface area contributed by atoms with Crippen molar-refractivity contribution in [2.45, 2.75) is 26.8 Å². The minimum atomic E-state index is 0.658. The van der Waals surface area contributed by atoms with Gasteiger partial charge in [0.05, 0.1) is 12.2 Å². The fraction of sp³-hybridized carbons (Fsp3) is 0.321. The normalized spacial score (nSPS) is 16.8. The maximum Gasteiger partial charge on any atom is 0.133 e. The number of aliphatic imine (C=N–C) groups is 2. The summed E-state index contributed by atoms with van der Waals surface area (Å²) in [7, 11) is 2.16. The van der Waals surface area contributed by atoms with Crippen molar-refractivity contribution in [2.24, 2.45) is 9.98 Å². The standard InChI is InChI=1S/C22H20N4.C6H14N2S/c1-15-5-3-4-6-20(15)25-16(2)18-7-8-21-19(13-18)14-24-22(26-21)17-9-11-23-12-10-17;1-7-3-2-4-8(9)6-5-7/h3-13H,14H2,1-2H3,(H,24,26);9H,2-6H2,1H3. The molecule has 0 amide bonds. The molecular formula is C28H34N6S. The van der Waals surface area contributed by atoms with Gasteiger partial charge < -0.3 is 10.2 Å². The van der Waals surface area contributed by atoms with Gasteiger partial charge in [0, 0.05) is 49.0 Å². The molecule has 3 aromatic rings. The maximum absolute atomic E-state index is 4.79. The number of hydrogen-bond donors (Lipinski definition) is 2. The Labute approximate surface area is 214 Å². The highest BCUT2D eigenvalue weighted by atomic mass is 32.1. The first-order valence-corrected chi connectivity index (χ1v) is 12.5. The van der Waals surface area contributed by atoms with E-state index < -0.39 is 0 Å². The van der Waals surface area contributed by atoms with Crippen molar-refractivity contribution in [1.29, 1.82) is 0 Å². The maximum atomic E-state index is 4.79. The number of likely N-dealkylation sites (N-methyl/N-ethyl adjacent to an activating group) is 1. The number of nitrogens with one attached hydrogen (secondary N) is 1. The largest absolute Gasteiger partial charge is 0.340 e. The van der Waals surface area contributed by atoms with Crippen LogP contribution in [0.1, 0.15) is 35.6 Å². The van der Waals surface area contributed by atoms with E-state index in [0.717, 1.165) is 53.7 Å². The van der Waals surface area contributed by atoms with Crippen LogP contribution in [0.5, 0.6) is 0 Å². The summed E-state index contributed by atoms with van der Waals surface area (Å²) < 4.78 is 2.09. The first-order chi connectivity index (χ1) is 17.0. The summed E-state index contributed by atoms with van der Waals surface area (Å²) >= 11 is 4.28. The fourth-order valence-electron chi connectivity index (χ4n) is 4.04. The molecule has 2 aliphatic heterocycles. The number of para-hydroxylation sites is 1. The Kier molecular flexibility index (Phi) is 8.69. The Morgan fingerprint density at radius 3 is 2.60 bits per heavy atom. The third-order valence-corrected chi connectivity index (χ3v) is 6.64. The number of nitrogens with zero attached hydrogens (tertiary/aromatic N) is 5. The molecule has 1 aromatic heterocycles. The number of thiol groups is 1. The summed E-state index contributed by atoms with van der Waals surface area (Å²) in [5.41, 5.74) is 7.64. The number of aromatic nitrogens is 1. The van der Waals surface area contributed by atoms with E-state index in [1.54, 1.807) is 12.4 Å². The second-order valence-corrected chi connectivity index (χ2v) is 9.56. The van der Waals surface area contributed by atoms with E-state index in [0.29, 0.717) is 6.54 Å². The summed E-state index contributed by atoms with van der Waals surface area (Å²) in [6.45, 7) is 9.40. The molecular weight excluding hydrogens is 452 g/mol. The summed E-state index contributed by atoms with van der Waals surface area (Å²) in [6.07, 6.45) is 4.81. The third-order valence-electron chi connectivity index (χ3n) is 6.24. The number of fused-ring (bicyclic) bond motifs is 1. The second kappa shape index (κ2) is 12.1. The molecule has 0 unspecified atom stereocenters. The van der Waals surface area contributed by atoms with Crippen LogP contribution in [0.2, 0.25) is 0 Å². The molecule has 0 radical (unpaired) electrons. The number of pyridine rings is 1. The van der Waals surface area contributed by atoms with Crippen LogP contribution in [0.15, 0.2) is 77.0 Å². The van der Waals surface area contributed by atoms with Crippen LogP contribution >= 0.6 is 12.8 Å². The van der Waals surface area contributed by atoms with Gasteiger partial charge in [-0.25, -0.2) is 0 Å². The Morgan fingerprint density at radius 2 is 1.80 bits per heavy atom. The topological polar surface area (TPSA) is 56.1 Å². The van der Waals surface area contributed by atoms with Gasteiger partial charge in [0.25, 0.3) is 0 Å². The lowest BCUT2D eigenvalue weighted by Crippen LogP contribution is -2.23. The molecule has 0 spiro atoms. The predicted molar refractivity (Wildman–Crippen MR) is 150 cm³/mol. The zero-order chi connectivity index (χ0) is 24.6. The van der Waals surface area contributed by atoms with Crippen molar-refractivity contribution >= 4 is 35.7 Å². The highest BCUT2D eigenvalue weighted by Crippen LogP contribution is 2.25. The number of amidine groups is 1. The summed E-state index contributed by atoms with van der Waals surface area (Å²) in [4.78, 5) is 15.9. The Morgan fingerprint density at radius 1 is 1.00 bits per heavy atom. The molecule has 182 valence electrons. The van der Waals surface area contributed by atoms with Crippen molar-refractivity contribution < 1.29 is 0 Å². The van der Waals surface area contributed by atoms with E-state index in [1.165, 1.54) is 24.1 Å². The average Bonchev–Trinajstić information content (AvgIpc) is 3.08. The van der Waals surface area contributed by atoms with E-state index in [9.17, 15) is 0 Å². The molecule has 1 saturated heterocycles. The quantitative estimate of drug-likeness (QED) is 0.386. The van der Waals surface area contributed by atoms with Gasteiger partial charge in [0.15, 0.2) is 0 Å². The van der Waals surface area contributed by atoms with E-state index in [4.69, 9.17) is 4.99 Å². The van der Waals surface area contributed by atoms with Gasteiger partial charge >= 0.3 is 0 Å². The molecule has 3 heterocycles. The molecule has 1 fully saturated rings. The number of anilines is 1. The number of hydrogen-bond acceptors (Lipinski definition) is 7. The van der Waals surface area contributed by atoms with Crippen LogP contribution in [-0.2, 0) is 6.54 Å². The highest BCUT2D eigenvalue weighted by Gasteiger charge is 2.14. The zero-order valence-electron chi connectivity index (χ0n) is 20.8. The van der Waals surface area contributed by atoms with Crippen LogP contribution in [-0.4, -0.2) is 59.0 Å². The number of rotatable bonds is 3. The van der Waals surface area contributed by atoms with Crippen molar-refractivity contribution in [3.8, 4) is 0 Å². The highest BCUT2D eigenvalue weighted by molar-refractivity contribution is 7.77. The smallest absolute Gasteiger partial charge is 0.133 e. The molecule has 0 saturated carbocycles. The summed E-state index contributed by atoms with van der Waals surface area (Å²) in [5.74, 6) is 0.887. The van der Waals surface area contributed by atoms with Gasteiger partial charge in [0.2, 0.25) is 0 Å². The van der Waals surface area contributed by atoms with Crippen LogP contribution in [0.4, 0.5) is 11.4 Å². The van der Waals surface area contributed by atoms with Gasteiger partial charge in [-0.1, -0.05) is 37.1 Å². The van der Waals surface area contributed by atoms with Gasteiger partial charge in [-0.15, -0.1) is 0 Å². The van der Waals surface area contributed by atoms with Crippen LogP contribution < -0.4 is 5.32 Å². The minimum absolute atomic E-state index is 0.658. The minimum Gasteiger partial charge on any atom is -0.340 e. The number of benzene rings is 2. The molecule has 0 bridgehead atoms. The van der Waals surface area contributed by atoms with Crippen molar-refractivity contribution in [2.75, 3.05) is 38.5 Å². The van der Waals surface area contributed by atoms with Crippen molar-refractivity contribution in [3.05, 3.63) is 89.2 Å². The first kappa shape index (κ1) is 25.1. The Hall–Kier alpha value is -3.00. The zero-order valence-corrected chi connectivity index (χ0v) is 21.7. The molecule has 0 aliphatic carbocycles. The lowest BCUT2D eigenvalue weighted by atomic mass is 10.0. The van der Waals surface area contributed by atoms with Crippen LogP contribution in [0.25, 0.3) is 0 Å². The molecule has 2 aliphatic rings. The fourth-order valence-corrected chi connectivity index (χ4v) is 4.27. The van der Waals surface area contributed by atoms with Gasteiger partial charge in [0.1, 0.15) is 5.84 Å². The monoisotopic (exact) mass is 486 g/mol. The molecule has 6 nitrogen and oxygen atoms in total. The van der Waals surface area contributed by atoms with E-state index in [-0.39, 0.29) is 0 Å². The second-order valence-electron chi connectivity index (χ2n) is 8.99. The third kappa shape index (κ3) is 7.01. The van der Waals surface area contributed by atoms with Crippen molar-refractivity contribution in [3.63, 3.8) is 0 Å². The SMILES string of the molecule is CC(=Nc1ccccc1C)c1ccc2c(c1)CN=C(c1ccncc1)N2.CN1CCCN(S)CC1. The van der Waals surface area contributed by atoms with Gasteiger partial charge in [-0.05, 0) is 80.9 Å². The van der Waals surface area contributed by atoms with Gasteiger partial charge in [-0.2, -0.15) is 0 Å². The Balaban J connectivity index is 0.000000271. The molecule has 7 heteroatoms. The van der Waals surface area contributed by atoms with E-state index in [1.807, 2.05) is 30.3 Å². The van der Waals surface area contributed by atoms with Crippen LogP contribution in [0, 0.1) is 6.92 Å². The van der Waals surface area contributed by atoms with E-state index >= 15 is 0 Å². The molecule has 35 heavy (non-hydrogen) atoms. The van der Waals surface area contributed by atoms with Crippen LogP contribution in [0.3, 0.4) is 0 Å². The average molecular weight is 487 g/mol. The predicted octanol–water partition coefficient (Wildman–Crippen LogP) is 5.37. The molecule has 2 aromatic carbocycles. The lowest BCUT2D eigenvalue weighted by Gasteiger charge is -2.19. The first-order valence-electron chi connectivity index (χ1n) is 12.1. The van der Waals surface area contributed by atoms with E-state index in [2.05, 4.69) is 82.5 Å². The van der Waals surface area contributed by atoms with Crippen molar-refractivity contribution in [1.82, 2.24) is 14.2 Å². The summed E-state index contributed by atoms with van der Waals surface area (Å²) in [6, 6.07) is 18.5. The van der Waals surface area contributed by atoms with Gasteiger partial charge in [-0.3, -0.25) is 19.3 Å². The molecule has 5 rings (SSSR count). The number of aryl methyl sites for hydroxylation is 1. The Bertz CT molecular complexity index is 1180. The molecule has 1 N–H and O–H groups in total. The molecule has 0 atom stereocenters.